The van der Waals surface area contributed by atoms with Gasteiger partial charge in [-0.15, -0.1) is 0 Å². The van der Waals surface area contributed by atoms with Gasteiger partial charge in [0.1, 0.15) is 0 Å². The lowest BCUT2D eigenvalue weighted by atomic mass is 9.93. The fraction of sp³-hybridized carbons (Fsp3) is 0.462. The molecule has 3 nitrogen and oxygen atoms in total. The summed E-state index contributed by atoms with van der Waals surface area (Å²) in [6.07, 6.45) is -4.39. The van der Waals surface area contributed by atoms with Crippen LogP contribution in [0, 0.1) is 5.92 Å². The molecule has 0 spiro atoms. The van der Waals surface area contributed by atoms with E-state index in [0.29, 0.717) is 13.1 Å². The summed E-state index contributed by atoms with van der Waals surface area (Å²) in [4.78, 5) is 12.4. The summed E-state index contributed by atoms with van der Waals surface area (Å²) >= 11 is 0. The van der Waals surface area contributed by atoms with Gasteiger partial charge in [0.25, 0.3) is 0 Å². The van der Waals surface area contributed by atoms with Crippen LogP contribution in [0.4, 0.5) is 13.2 Å². The number of halogens is 3. The van der Waals surface area contributed by atoms with Gasteiger partial charge in [0.2, 0.25) is 0 Å². The number of carboxylic acids is 1. The molecule has 0 aromatic heterocycles. The molecule has 0 aliphatic carbocycles. The van der Waals surface area contributed by atoms with E-state index in [1.54, 1.807) is 17.9 Å². The van der Waals surface area contributed by atoms with Crippen LogP contribution in [0.25, 0.3) is 0 Å². The van der Waals surface area contributed by atoms with Gasteiger partial charge in [-0.2, -0.15) is 13.2 Å². The minimum Gasteiger partial charge on any atom is -0.481 e. The Morgan fingerprint density at radius 2 is 1.95 bits per heavy atom. The van der Waals surface area contributed by atoms with E-state index in [-0.39, 0.29) is 5.56 Å². The third-order valence-electron chi connectivity index (χ3n) is 3.52. The monoisotopic (exact) mass is 273 g/mol. The predicted molar refractivity (Wildman–Crippen MR) is 62.6 cm³/mol. The first-order chi connectivity index (χ1) is 8.80. The molecule has 6 heteroatoms. The maximum atomic E-state index is 12.9. The van der Waals surface area contributed by atoms with Crippen molar-refractivity contribution in [2.75, 3.05) is 13.1 Å². The zero-order valence-electron chi connectivity index (χ0n) is 10.3. The average molecular weight is 273 g/mol. The number of aliphatic carboxylic acids is 1. The minimum atomic E-state index is -4.39. The van der Waals surface area contributed by atoms with E-state index in [0.717, 1.165) is 6.07 Å². The standard InChI is InChI=1S/C13H14F3NO2/c1-8(17-6-9(7-17)12(18)19)10-4-2-3-5-11(10)13(14,15)16/h2-5,8-9H,6-7H2,1H3,(H,18,19). The maximum Gasteiger partial charge on any atom is 0.416 e. The number of likely N-dealkylation sites (tertiary alicyclic amines) is 1. The number of hydrogen-bond donors (Lipinski definition) is 1. The zero-order valence-corrected chi connectivity index (χ0v) is 10.3. The Hall–Kier alpha value is -1.56. The van der Waals surface area contributed by atoms with Crippen LogP contribution < -0.4 is 0 Å². The number of hydrogen-bond acceptors (Lipinski definition) is 2. The second-order valence-electron chi connectivity index (χ2n) is 4.75. The van der Waals surface area contributed by atoms with Gasteiger partial charge in [0.05, 0.1) is 11.5 Å². The summed E-state index contributed by atoms with van der Waals surface area (Å²) in [6, 6.07) is 4.99. The van der Waals surface area contributed by atoms with Crippen LogP contribution in [0.5, 0.6) is 0 Å². The molecule has 19 heavy (non-hydrogen) atoms. The Morgan fingerprint density at radius 1 is 1.37 bits per heavy atom. The molecule has 1 aromatic carbocycles. The molecular weight excluding hydrogens is 259 g/mol. The fourth-order valence-electron chi connectivity index (χ4n) is 2.30. The number of nitrogens with zero attached hydrogens (tertiary/aromatic N) is 1. The maximum absolute atomic E-state index is 12.9. The van der Waals surface area contributed by atoms with Crippen molar-refractivity contribution >= 4 is 5.97 Å². The molecule has 0 bridgehead atoms. The smallest absolute Gasteiger partial charge is 0.416 e. The van der Waals surface area contributed by atoms with Crippen molar-refractivity contribution in [3.63, 3.8) is 0 Å². The summed E-state index contributed by atoms with van der Waals surface area (Å²) in [5, 5.41) is 8.78. The molecule has 1 fully saturated rings. The van der Waals surface area contributed by atoms with Crippen molar-refractivity contribution in [3.8, 4) is 0 Å². The molecule has 0 amide bonds. The first kappa shape index (κ1) is 13.9. The fourth-order valence-corrected chi connectivity index (χ4v) is 2.30. The SMILES string of the molecule is CC(c1ccccc1C(F)(F)F)N1CC(C(=O)O)C1. The van der Waals surface area contributed by atoms with Crippen LogP contribution in [0.15, 0.2) is 24.3 Å². The first-order valence-electron chi connectivity index (χ1n) is 5.93. The van der Waals surface area contributed by atoms with Gasteiger partial charge in [-0.3, -0.25) is 9.69 Å². The van der Waals surface area contributed by atoms with Crippen LogP contribution in [-0.4, -0.2) is 29.1 Å². The second-order valence-corrected chi connectivity index (χ2v) is 4.75. The van der Waals surface area contributed by atoms with Crippen molar-refractivity contribution in [2.24, 2.45) is 5.92 Å². The van der Waals surface area contributed by atoms with E-state index < -0.39 is 29.7 Å². The van der Waals surface area contributed by atoms with Gasteiger partial charge >= 0.3 is 12.1 Å². The average Bonchev–Trinajstić information content (AvgIpc) is 2.25. The van der Waals surface area contributed by atoms with E-state index in [9.17, 15) is 18.0 Å². The Balaban J connectivity index is 2.17. The van der Waals surface area contributed by atoms with Crippen LogP contribution >= 0.6 is 0 Å². The Labute approximate surface area is 108 Å². The first-order valence-corrected chi connectivity index (χ1v) is 5.93. The normalized spacial score (nSPS) is 18.9. The van der Waals surface area contributed by atoms with Gasteiger partial charge in [-0.1, -0.05) is 18.2 Å². The highest BCUT2D eigenvalue weighted by Gasteiger charge is 2.39. The van der Waals surface area contributed by atoms with Gasteiger partial charge in [0, 0.05) is 19.1 Å². The van der Waals surface area contributed by atoms with Crippen LogP contribution in [0.3, 0.4) is 0 Å². The van der Waals surface area contributed by atoms with Gasteiger partial charge in [-0.25, -0.2) is 0 Å². The summed E-state index contributed by atoms with van der Waals surface area (Å²) in [5.41, 5.74) is -0.458. The highest BCUT2D eigenvalue weighted by Crippen LogP contribution is 2.37. The van der Waals surface area contributed by atoms with Crippen molar-refractivity contribution < 1.29 is 23.1 Å². The Morgan fingerprint density at radius 3 is 2.47 bits per heavy atom. The van der Waals surface area contributed by atoms with Crippen molar-refractivity contribution in [1.29, 1.82) is 0 Å². The lowest BCUT2D eigenvalue weighted by Gasteiger charge is -2.41. The van der Waals surface area contributed by atoms with Crippen LogP contribution in [-0.2, 0) is 11.0 Å². The molecule has 1 aromatic rings. The molecular formula is C13H14F3NO2. The molecule has 1 unspecified atom stereocenters. The Bertz CT molecular complexity index is 481. The third kappa shape index (κ3) is 2.73. The van der Waals surface area contributed by atoms with Gasteiger partial charge in [-0.05, 0) is 18.6 Å². The lowest BCUT2D eigenvalue weighted by Crippen LogP contribution is -2.51. The topological polar surface area (TPSA) is 40.5 Å². The van der Waals surface area contributed by atoms with E-state index >= 15 is 0 Å². The summed E-state index contributed by atoms with van der Waals surface area (Å²) in [5.74, 6) is -1.37. The van der Waals surface area contributed by atoms with Gasteiger partial charge < -0.3 is 5.11 Å². The Kier molecular flexibility index (Phi) is 3.54. The number of benzene rings is 1. The molecule has 0 radical (unpaired) electrons. The van der Waals surface area contributed by atoms with Crippen molar-refractivity contribution in [2.45, 2.75) is 19.1 Å². The molecule has 104 valence electrons. The third-order valence-corrected chi connectivity index (χ3v) is 3.52. The van der Waals surface area contributed by atoms with E-state index in [4.69, 9.17) is 5.11 Å². The van der Waals surface area contributed by atoms with E-state index in [2.05, 4.69) is 0 Å². The quantitative estimate of drug-likeness (QED) is 0.920. The molecule has 1 heterocycles. The largest absolute Gasteiger partial charge is 0.481 e. The van der Waals surface area contributed by atoms with Crippen molar-refractivity contribution in [1.82, 2.24) is 4.90 Å². The summed E-state index contributed by atoms with van der Waals surface area (Å²) in [6.45, 7) is 2.26. The number of alkyl halides is 3. The number of rotatable bonds is 3. The molecule has 1 aliphatic heterocycles. The van der Waals surface area contributed by atoms with E-state index in [1.807, 2.05) is 0 Å². The lowest BCUT2D eigenvalue weighted by molar-refractivity contribution is -0.149. The number of carboxylic acid groups (broad SMARTS) is 1. The van der Waals surface area contributed by atoms with Crippen molar-refractivity contribution in [3.05, 3.63) is 35.4 Å². The molecule has 2 rings (SSSR count). The van der Waals surface area contributed by atoms with Gasteiger partial charge in [0.15, 0.2) is 0 Å². The molecule has 1 saturated heterocycles. The highest BCUT2D eigenvalue weighted by atomic mass is 19.4. The van der Waals surface area contributed by atoms with E-state index in [1.165, 1.54) is 12.1 Å². The number of carbonyl (C=O) groups is 1. The molecule has 1 N–H and O–H groups in total. The minimum absolute atomic E-state index is 0.193. The molecule has 0 saturated carbocycles. The zero-order chi connectivity index (χ0) is 14.2. The predicted octanol–water partition coefficient (Wildman–Crippen LogP) is 2.78. The second kappa shape index (κ2) is 4.85. The molecule has 1 aliphatic rings. The van der Waals surface area contributed by atoms with Crippen LogP contribution in [0.1, 0.15) is 24.1 Å². The molecule has 1 atom stereocenters. The highest BCUT2D eigenvalue weighted by molar-refractivity contribution is 5.71. The summed E-state index contributed by atoms with van der Waals surface area (Å²) in [7, 11) is 0. The van der Waals surface area contributed by atoms with Crippen LogP contribution in [0.2, 0.25) is 0 Å². The summed E-state index contributed by atoms with van der Waals surface area (Å²) < 4.78 is 38.7.